The Morgan fingerprint density at radius 2 is 1.42 bits per heavy atom. The number of carbonyl (C=O) groups is 1. The van der Waals surface area contributed by atoms with E-state index in [1.807, 2.05) is 0 Å². The van der Waals surface area contributed by atoms with Crippen LogP contribution in [0.1, 0.15) is 90.1 Å². The van der Waals surface area contributed by atoms with E-state index >= 15 is 0 Å². The molecule has 3 rings (SSSR count). The smallest absolute Gasteiger partial charge is 0.334 e. The highest BCUT2D eigenvalue weighted by atomic mass is 16.5. The molecule has 0 unspecified atom stereocenters. The number of esters is 1. The summed E-state index contributed by atoms with van der Waals surface area (Å²) in [4.78, 5) is 12.7. The zero-order valence-corrected chi connectivity index (χ0v) is 21.0. The molecule has 0 saturated carbocycles. The minimum absolute atomic E-state index is 0.0239. The second kappa shape index (κ2) is 7.65. The van der Waals surface area contributed by atoms with Crippen molar-refractivity contribution in [3.63, 3.8) is 0 Å². The Morgan fingerprint density at radius 1 is 0.839 bits per heavy atom. The quantitative estimate of drug-likeness (QED) is 0.319. The van der Waals surface area contributed by atoms with Gasteiger partial charge in [0.05, 0.1) is 7.11 Å². The zero-order valence-electron chi connectivity index (χ0n) is 21.0. The van der Waals surface area contributed by atoms with Crippen molar-refractivity contribution in [1.29, 1.82) is 0 Å². The number of ether oxygens (including phenoxy) is 1. The first-order chi connectivity index (χ1) is 14.1. The van der Waals surface area contributed by atoms with E-state index in [2.05, 4.69) is 98.7 Å². The molecule has 31 heavy (non-hydrogen) atoms. The summed E-state index contributed by atoms with van der Waals surface area (Å²) < 4.78 is 5.14. The highest BCUT2D eigenvalue weighted by Crippen LogP contribution is 2.44. The van der Waals surface area contributed by atoms with Crippen LogP contribution in [0.4, 0.5) is 0 Å². The minimum Gasteiger partial charge on any atom is -0.466 e. The van der Waals surface area contributed by atoms with Crippen LogP contribution in [0, 0.1) is 5.41 Å². The van der Waals surface area contributed by atoms with Crippen LogP contribution in [0.2, 0.25) is 0 Å². The summed E-state index contributed by atoms with van der Waals surface area (Å²) in [5.74, 6) is -0.260. The van der Waals surface area contributed by atoms with Gasteiger partial charge in [-0.25, -0.2) is 4.79 Å². The molecule has 166 valence electrons. The Kier molecular flexibility index (Phi) is 5.76. The molecule has 2 aromatic carbocycles. The molecule has 0 spiro atoms. The first-order valence-electron chi connectivity index (χ1n) is 11.2. The van der Waals surface area contributed by atoms with Crippen LogP contribution < -0.4 is 0 Å². The lowest BCUT2D eigenvalue weighted by Gasteiger charge is -2.24. The lowest BCUT2D eigenvalue weighted by Crippen LogP contribution is -2.19. The fourth-order valence-corrected chi connectivity index (χ4v) is 4.24. The normalized spacial score (nSPS) is 14.3. The fourth-order valence-electron chi connectivity index (χ4n) is 4.24. The van der Waals surface area contributed by atoms with Gasteiger partial charge >= 0.3 is 5.97 Å². The highest BCUT2D eigenvalue weighted by Gasteiger charge is 2.29. The van der Waals surface area contributed by atoms with Gasteiger partial charge in [-0.3, -0.25) is 0 Å². The third-order valence-corrected chi connectivity index (χ3v) is 6.25. The first kappa shape index (κ1) is 23.3. The first-order valence-corrected chi connectivity index (χ1v) is 11.2. The Balaban J connectivity index is 2.30. The fraction of sp³-hybridized carbons (Fsp3) is 0.483. The van der Waals surface area contributed by atoms with E-state index in [4.69, 9.17) is 4.74 Å². The van der Waals surface area contributed by atoms with Crippen molar-refractivity contribution in [3.8, 4) is 11.1 Å². The van der Waals surface area contributed by atoms with Crippen molar-refractivity contribution in [2.24, 2.45) is 5.41 Å². The van der Waals surface area contributed by atoms with Crippen LogP contribution in [0.25, 0.3) is 17.2 Å². The van der Waals surface area contributed by atoms with Gasteiger partial charge in [0.2, 0.25) is 0 Å². The second-order valence-corrected chi connectivity index (χ2v) is 11.9. The Hall–Kier alpha value is -2.35. The van der Waals surface area contributed by atoms with Gasteiger partial charge in [-0.15, -0.1) is 0 Å². The van der Waals surface area contributed by atoms with Gasteiger partial charge < -0.3 is 4.74 Å². The van der Waals surface area contributed by atoms with Gasteiger partial charge in [0, 0.05) is 5.57 Å². The number of carbonyl (C=O) groups excluding carboxylic acids is 1. The molecule has 1 aliphatic rings. The van der Waals surface area contributed by atoms with Crippen LogP contribution in [0.3, 0.4) is 0 Å². The second-order valence-electron chi connectivity index (χ2n) is 11.9. The average Bonchev–Trinajstić information content (AvgIpc) is 3.00. The van der Waals surface area contributed by atoms with Crippen LogP contribution in [0.5, 0.6) is 0 Å². The molecule has 2 aromatic rings. The third-order valence-electron chi connectivity index (χ3n) is 6.25. The molecule has 0 aromatic heterocycles. The largest absolute Gasteiger partial charge is 0.466 e. The summed E-state index contributed by atoms with van der Waals surface area (Å²) in [6.07, 6.45) is 3.00. The molecule has 0 radical (unpaired) electrons. The molecule has 2 heteroatoms. The molecular formula is C29H38O2. The molecule has 0 N–H and O–H groups in total. The summed E-state index contributed by atoms with van der Waals surface area (Å²) in [6.45, 7) is 19.7. The minimum atomic E-state index is -0.310. The van der Waals surface area contributed by atoms with Crippen molar-refractivity contribution in [2.75, 3.05) is 7.11 Å². The lowest BCUT2D eigenvalue weighted by molar-refractivity contribution is -0.137. The highest BCUT2D eigenvalue weighted by molar-refractivity contribution is 5.97. The lowest BCUT2D eigenvalue weighted by atomic mass is 9.81. The standard InChI is InChI=1S/C29H38O2/c1-27(2,3)21-11-12-23-18(14-21)13-19-15-22(28(4,5)6)16-20(25(19)23)17-24(26(30)31-10)29(7,8)9/h11-12,14-17H,13H2,1-10H3/b24-17+. The molecule has 0 heterocycles. The number of methoxy groups -OCH3 is 1. The molecule has 0 amide bonds. The molecule has 1 aliphatic carbocycles. The van der Waals surface area contributed by atoms with Crippen molar-refractivity contribution < 1.29 is 9.53 Å². The van der Waals surface area contributed by atoms with Crippen LogP contribution in [-0.2, 0) is 26.8 Å². The molecule has 2 nitrogen and oxygen atoms in total. The van der Waals surface area contributed by atoms with Crippen LogP contribution in [-0.4, -0.2) is 13.1 Å². The topological polar surface area (TPSA) is 26.3 Å². The van der Waals surface area contributed by atoms with E-state index in [1.54, 1.807) is 0 Å². The van der Waals surface area contributed by atoms with Crippen molar-refractivity contribution in [3.05, 3.63) is 63.7 Å². The zero-order chi connectivity index (χ0) is 23.4. The number of benzene rings is 2. The van der Waals surface area contributed by atoms with Crippen molar-refractivity contribution in [2.45, 2.75) is 79.6 Å². The van der Waals surface area contributed by atoms with Gasteiger partial charge in [0.1, 0.15) is 0 Å². The van der Waals surface area contributed by atoms with E-state index in [0.29, 0.717) is 5.57 Å². The molecule has 0 bridgehead atoms. The average molecular weight is 419 g/mol. The van der Waals surface area contributed by atoms with E-state index in [-0.39, 0.29) is 22.2 Å². The number of rotatable bonds is 2. The summed E-state index contributed by atoms with van der Waals surface area (Å²) in [5, 5.41) is 0. The van der Waals surface area contributed by atoms with Gasteiger partial charge in [-0.1, -0.05) is 92.6 Å². The summed E-state index contributed by atoms with van der Waals surface area (Å²) in [5.41, 5.74) is 9.55. The van der Waals surface area contributed by atoms with Crippen molar-refractivity contribution in [1.82, 2.24) is 0 Å². The maximum atomic E-state index is 12.7. The monoisotopic (exact) mass is 418 g/mol. The third kappa shape index (κ3) is 4.63. The number of hydrogen-bond acceptors (Lipinski definition) is 2. The summed E-state index contributed by atoms with van der Waals surface area (Å²) in [7, 11) is 1.46. The van der Waals surface area contributed by atoms with E-state index < -0.39 is 0 Å². The molecule has 0 aliphatic heterocycles. The molecule has 0 fully saturated rings. The molecular weight excluding hydrogens is 380 g/mol. The van der Waals surface area contributed by atoms with E-state index in [1.165, 1.54) is 40.5 Å². The maximum Gasteiger partial charge on any atom is 0.334 e. The summed E-state index contributed by atoms with van der Waals surface area (Å²) in [6, 6.07) is 11.5. The predicted molar refractivity (Wildman–Crippen MR) is 132 cm³/mol. The van der Waals surface area contributed by atoms with Gasteiger partial charge in [0.25, 0.3) is 0 Å². The molecule has 0 saturated heterocycles. The Morgan fingerprint density at radius 3 is 1.94 bits per heavy atom. The molecule has 0 atom stereocenters. The number of hydrogen-bond donors (Lipinski definition) is 0. The van der Waals surface area contributed by atoms with Crippen LogP contribution in [0.15, 0.2) is 35.9 Å². The van der Waals surface area contributed by atoms with E-state index in [9.17, 15) is 4.79 Å². The summed E-state index contributed by atoms with van der Waals surface area (Å²) >= 11 is 0. The predicted octanol–water partition coefficient (Wildman–Crippen LogP) is 7.46. The maximum absolute atomic E-state index is 12.7. The van der Waals surface area contributed by atoms with E-state index in [0.717, 1.165) is 12.0 Å². The van der Waals surface area contributed by atoms with Gasteiger partial charge in [0.15, 0.2) is 0 Å². The number of fused-ring (bicyclic) bond motifs is 3. The Labute approximate surface area is 188 Å². The van der Waals surface area contributed by atoms with Gasteiger partial charge in [-0.2, -0.15) is 0 Å². The van der Waals surface area contributed by atoms with Gasteiger partial charge in [-0.05, 0) is 67.7 Å². The van der Waals surface area contributed by atoms with Crippen molar-refractivity contribution >= 4 is 12.0 Å². The van der Waals surface area contributed by atoms with Crippen LogP contribution >= 0.6 is 0 Å². The Bertz CT molecular complexity index is 1050. The SMILES string of the molecule is COC(=O)/C(=C\c1cc(C(C)(C)C)cc2c1-c1ccc(C(C)(C)C)cc1C2)C(C)(C)C.